The first-order chi connectivity index (χ1) is 14.5. The zero-order valence-electron chi connectivity index (χ0n) is 16.6. The highest BCUT2D eigenvalue weighted by molar-refractivity contribution is 6.03. The van der Waals surface area contributed by atoms with Crippen molar-refractivity contribution in [2.45, 2.75) is 13.1 Å². The summed E-state index contributed by atoms with van der Waals surface area (Å²) in [5.41, 5.74) is 1.57. The second-order valence-electron chi connectivity index (χ2n) is 6.65. The van der Waals surface area contributed by atoms with E-state index in [1.165, 1.54) is 22.8 Å². The van der Waals surface area contributed by atoms with Gasteiger partial charge in [0, 0.05) is 23.0 Å². The number of benzene rings is 2. The lowest BCUT2D eigenvalue weighted by Crippen LogP contribution is -2.37. The summed E-state index contributed by atoms with van der Waals surface area (Å²) in [6.07, 6.45) is -0.755. The highest BCUT2D eigenvalue weighted by Crippen LogP contribution is 2.34. The van der Waals surface area contributed by atoms with Crippen LogP contribution >= 0.6 is 0 Å². The molecule has 1 atom stereocenters. The van der Waals surface area contributed by atoms with Crippen molar-refractivity contribution in [3.05, 3.63) is 76.0 Å². The second kappa shape index (κ2) is 7.86. The lowest BCUT2D eigenvalue weighted by Gasteiger charge is -2.28. The van der Waals surface area contributed by atoms with Gasteiger partial charge in [0.25, 0.3) is 5.56 Å². The van der Waals surface area contributed by atoms with E-state index in [9.17, 15) is 9.18 Å². The molecule has 30 heavy (non-hydrogen) atoms. The van der Waals surface area contributed by atoms with Gasteiger partial charge in [-0.25, -0.2) is 14.4 Å². The normalized spacial score (nSPS) is 14.9. The van der Waals surface area contributed by atoms with Gasteiger partial charge in [0.1, 0.15) is 17.3 Å². The van der Waals surface area contributed by atoms with E-state index in [-0.39, 0.29) is 11.4 Å². The zero-order valence-corrected chi connectivity index (χ0v) is 16.6. The fraction of sp³-hybridized carbons (Fsp3) is 0.190. The van der Waals surface area contributed by atoms with Crippen molar-refractivity contribution in [3.8, 4) is 11.5 Å². The van der Waals surface area contributed by atoms with Gasteiger partial charge in [0.2, 0.25) is 11.9 Å². The van der Waals surface area contributed by atoms with Gasteiger partial charge in [-0.15, -0.1) is 0 Å². The van der Waals surface area contributed by atoms with Gasteiger partial charge in [0.05, 0.1) is 14.2 Å². The summed E-state index contributed by atoms with van der Waals surface area (Å²) < 4.78 is 25.5. The Hall–Kier alpha value is -3.88. The molecule has 0 bridgehead atoms. The fourth-order valence-electron chi connectivity index (χ4n) is 3.23. The predicted molar refractivity (Wildman–Crippen MR) is 112 cm³/mol. The zero-order chi connectivity index (χ0) is 21.3. The molecule has 1 aliphatic rings. The molecule has 1 aliphatic heterocycles. The fourth-order valence-corrected chi connectivity index (χ4v) is 3.23. The number of aliphatic imine (C=N–C) groups is 1. The van der Waals surface area contributed by atoms with Crippen molar-refractivity contribution in [1.82, 2.24) is 9.55 Å². The van der Waals surface area contributed by atoms with Crippen molar-refractivity contribution >= 4 is 17.6 Å². The minimum atomic E-state index is -0.755. The van der Waals surface area contributed by atoms with Crippen LogP contribution in [0.5, 0.6) is 11.5 Å². The molecule has 0 radical (unpaired) electrons. The molecule has 0 spiro atoms. The maximum absolute atomic E-state index is 13.2. The number of anilines is 2. The Bertz CT molecular complexity index is 1170. The smallest absolute Gasteiger partial charge is 0.257 e. The average molecular weight is 409 g/mol. The van der Waals surface area contributed by atoms with Crippen LogP contribution in [0, 0.1) is 12.7 Å². The number of guanidine groups is 1. The largest absolute Gasteiger partial charge is 0.497 e. The first kappa shape index (κ1) is 19.4. The van der Waals surface area contributed by atoms with Gasteiger partial charge in [-0.05, 0) is 49.4 Å². The second-order valence-corrected chi connectivity index (χ2v) is 6.65. The van der Waals surface area contributed by atoms with Crippen LogP contribution < -0.4 is 25.7 Å². The van der Waals surface area contributed by atoms with Crippen molar-refractivity contribution in [2.24, 2.45) is 4.99 Å². The first-order valence-corrected chi connectivity index (χ1v) is 9.18. The van der Waals surface area contributed by atoms with Crippen LogP contribution in [0.15, 0.2) is 58.3 Å². The third kappa shape index (κ3) is 3.69. The third-order valence-electron chi connectivity index (χ3n) is 4.63. The molecule has 0 aliphatic carbocycles. The molecule has 154 valence electrons. The topological polar surface area (TPSA) is 89.8 Å². The standard InChI is InChI=1S/C21H20FN5O3/c1-12-10-18(28)27-19(16-11-15(29-2)8-9-17(16)30-3)25-20(26-21(27)23-12)24-14-6-4-13(22)5-7-14/h4-11,19H,1-3H3,(H2,23,24,25,26)/t19-/m0/s1. The van der Waals surface area contributed by atoms with E-state index < -0.39 is 6.17 Å². The lowest BCUT2D eigenvalue weighted by atomic mass is 10.1. The quantitative estimate of drug-likeness (QED) is 0.688. The van der Waals surface area contributed by atoms with E-state index in [1.807, 2.05) is 0 Å². The molecule has 0 saturated carbocycles. The van der Waals surface area contributed by atoms with Crippen molar-refractivity contribution < 1.29 is 13.9 Å². The van der Waals surface area contributed by atoms with Crippen LogP contribution in [0.2, 0.25) is 0 Å². The van der Waals surface area contributed by atoms with Crippen LogP contribution in [0.1, 0.15) is 17.4 Å². The molecule has 4 rings (SSSR count). The molecule has 3 aromatic rings. The van der Waals surface area contributed by atoms with Gasteiger partial charge in [-0.2, -0.15) is 0 Å². The molecule has 0 fully saturated rings. The predicted octanol–water partition coefficient (Wildman–Crippen LogP) is 3.15. The van der Waals surface area contributed by atoms with Crippen LogP contribution in [0.25, 0.3) is 0 Å². The van der Waals surface area contributed by atoms with Gasteiger partial charge < -0.3 is 14.8 Å². The molecule has 1 aromatic heterocycles. The summed E-state index contributed by atoms with van der Waals surface area (Å²) in [7, 11) is 3.11. The number of nitrogens with one attached hydrogen (secondary N) is 2. The monoisotopic (exact) mass is 409 g/mol. The molecular formula is C21H20FN5O3. The van der Waals surface area contributed by atoms with E-state index in [2.05, 4.69) is 20.6 Å². The van der Waals surface area contributed by atoms with Crippen LogP contribution in [0.3, 0.4) is 0 Å². The average Bonchev–Trinajstić information content (AvgIpc) is 2.74. The molecule has 2 N–H and O–H groups in total. The summed E-state index contributed by atoms with van der Waals surface area (Å²) in [4.78, 5) is 21.9. The van der Waals surface area contributed by atoms with E-state index in [0.29, 0.717) is 40.4 Å². The van der Waals surface area contributed by atoms with Gasteiger partial charge in [0.15, 0.2) is 6.17 Å². The summed E-state index contributed by atoms with van der Waals surface area (Å²) in [6, 6.07) is 12.6. The van der Waals surface area contributed by atoms with Crippen LogP contribution in [0.4, 0.5) is 16.0 Å². The summed E-state index contributed by atoms with van der Waals surface area (Å²) in [6.45, 7) is 1.74. The third-order valence-corrected chi connectivity index (χ3v) is 4.63. The van der Waals surface area contributed by atoms with Gasteiger partial charge >= 0.3 is 0 Å². The SMILES string of the molecule is COc1ccc(OC)c([C@H]2N=C(Nc3ccc(F)cc3)Nc3nc(C)cc(=O)n32)c1. The van der Waals surface area contributed by atoms with Gasteiger partial charge in [-0.3, -0.25) is 14.7 Å². The molecule has 8 nitrogen and oxygen atoms in total. The number of nitrogens with zero attached hydrogens (tertiary/aromatic N) is 3. The Labute approximate surface area is 172 Å². The van der Waals surface area contributed by atoms with Crippen LogP contribution in [-0.4, -0.2) is 29.7 Å². The van der Waals surface area contributed by atoms with Crippen molar-refractivity contribution in [3.63, 3.8) is 0 Å². The molecule has 0 unspecified atom stereocenters. The Kier molecular flexibility index (Phi) is 5.09. The van der Waals surface area contributed by atoms with E-state index in [1.54, 1.807) is 51.5 Å². The molecule has 9 heteroatoms. The molecule has 2 aromatic carbocycles. The number of fused-ring (bicyclic) bond motifs is 1. The number of halogens is 1. The van der Waals surface area contributed by atoms with E-state index >= 15 is 0 Å². The maximum Gasteiger partial charge on any atom is 0.257 e. The summed E-state index contributed by atoms with van der Waals surface area (Å²) in [5, 5.41) is 6.13. The van der Waals surface area contributed by atoms with Crippen LogP contribution in [-0.2, 0) is 0 Å². The number of hydrogen-bond donors (Lipinski definition) is 2. The molecule has 0 saturated heterocycles. The Morgan fingerprint density at radius 1 is 1.10 bits per heavy atom. The molecular weight excluding hydrogens is 389 g/mol. The number of methoxy groups -OCH3 is 2. The number of rotatable bonds is 4. The lowest BCUT2D eigenvalue weighted by molar-refractivity contribution is 0.391. The number of hydrogen-bond acceptors (Lipinski definition) is 7. The van der Waals surface area contributed by atoms with E-state index in [0.717, 1.165) is 0 Å². The highest BCUT2D eigenvalue weighted by atomic mass is 19.1. The van der Waals surface area contributed by atoms with Crippen molar-refractivity contribution in [1.29, 1.82) is 0 Å². The summed E-state index contributed by atoms with van der Waals surface area (Å²) in [5.74, 6) is 1.49. The summed E-state index contributed by atoms with van der Waals surface area (Å²) >= 11 is 0. The molecule has 0 amide bonds. The number of aryl methyl sites for hydroxylation is 1. The minimum absolute atomic E-state index is 0.260. The first-order valence-electron chi connectivity index (χ1n) is 9.18. The van der Waals surface area contributed by atoms with Crippen molar-refractivity contribution in [2.75, 3.05) is 24.9 Å². The Balaban J connectivity index is 1.85. The molecule has 2 heterocycles. The minimum Gasteiger partial charge on any atom is -0.497 e. The highest BCUT2D eigenvalue weighted by Gasteiger charge is 2.28. The number of ether oxygens (including phenoxy) is 2. The number of aromatic nitrogens is 2. The maximum atomic E-state index is 13.2. The van der Waals surface area contributed by atoms with Gasteiger partial charge in [-0.1, -0.05) is 0 Å². The Morgan fingerprint density at radius 2 is 1.87 bits per heavy atom. The Morgan fingerprint density at radius 3 is 2.57 bits per heavy atom. The van der Waals surface area contributed by atoms with E-state index in [4.69, 9.17) is 9.47 Å².